The van der Waals surface area contributed by atoms with Crippen molar-refractivity contribution in [2.75, 3.05) is 0 Å². The summed E-state index contributed by atoms with van der Waals surface area (Å²) in [5, 5.41) is 0.262. The van der Waals surface area contributed by atoms with Crippen LogP contribution < -0.4 is 0 Å². The van der Waals surface area contributed by atoms with Gasteiger partial charge in [0.2, 0.25) is 0 Å². The number of hydrogen-bond acceptors (Lipinski definition) is 3. The van der Waals surface area contributed by atoms with Crippen molar-refractivity contribution in [1.82, 2.24) is 0 Å². The second-order valence-electron chi connectivity index (χ2n) is 2.67. The highest BCUT2D eigenvalue weighted by Gasteiger charge is 2.32. The van der Waals surface area contributed by atoms with Gasteiger partial charge in [-0.25, -0.2) is 9.59 Å². The van der Waals surface area contributed by atoms with Crippen molar-refractivity contribution in [3.05, 3.63) is 33.8 Å². The first kappa shape index (κ1) is 8.79. The van der Waals surface area contributed by atoms with Crippen molar-refractivity contribution < 1.29 is 14.3 Å². The van der Waals surface area contributed by atoms with E-state index in [-0.39, 0.29) is 21.7 Å². The van der Waals surface area contributed by atoms with Crippen LogP contribution in [0.3, 0.4) is 0 Å². The van der Waals surface area contributed by atoms with Crippen molar-refractivity contribution in [1.29, 1.82) is 0 Å². The number of rotatable bonds is 0. The molecule has 4 heteroatoms. The third-order valence-electron chi connectivity index (χ3n) is 1.91. The minimum atomic E-state index is -0.736. The maximum Gasteiger partial charge on any atom is 0.348 e. The highest BCUT2D eigenvalue weighted by atomic mass is 35.5. The van der Waals surface area contributed by atoms with E-state index in [4.69, 9.17) is 18.0 Å². The smallest absolute Gasteiger partial charge is 0.348 e. The lowest BCUT2D eigenvalue weighted by Crippen LogP contribution is -1.98. The van der Waals surface area contributed by atoms with Crippen molar-refractivity contribution in [3.8, 4) is 12.3 Å². The van der Waals surface area contributed by atoms with Crippen LogP contribution in [-0.2, 0) is 4.74 Å². The minimum Gasteiger partial charge on any atom is -0.386 e. The summed E-state index contributed by atoms with van der Waals surface area (Å²) < 4.78 is 4.40. The molecule has 1 heterocycles. The molecule has 1 aliphatic rings. The van der Waals surface area contributed by atoms with Crippen LogP contribution in [0.1, 0.15) is 26.3 Å². The van der Waals surface area contributed by atoms with E-state index in [0.717, 1.165) is 0 Å². The van der Waals surface area contributed by atoms with Crippen LogP contribution in [0.5, 0.6) is 0 Å². The van der Waals surface area contributed by atoms with Crippen LogP contribution in [0.2, 0.25) is 5.02 Å². The van der Waals surface area contributed by atoms with Gasteiger partial charge in [-0.3, -0.25) is 0 Å². The molecule has 0 fully saturated rings. The summed E-state index contributed by atoms with van der Waals surface area (Å²) in [5.74, 6) is 0.844. The fraction of sp³-hybridized carbons (Fsp3) is 0. The van der Waals surface area contributed by atoms with Gasteiger partial charge in [0.05, 0.1) is 21.7 Å². The molecule has 14 heavy (non-hydrogen) atoms. The molecule has 3 nitrogen and oxygen atoms in total. The summed E-state index contributed by atoms with van der Waals surface area (Å²) in [6.45, 7) is 0. The number of carbonyl (C=O) groups is 2. The number of fused-ring (bicyclic) bond motifs is 1. The average Bonchev–Trinajstić information content (AvgIpc) is 2.43. The van der Waals surface area contributed by atoms with E-state index in [1.54, 1.807) is 0 Å². The lowest BCUT2D eigenvalue weighted by molar-refractivity contribution is 0.0444. The molecule has 0 radical (unpaired) electrons. The van der Waals surface area contributed by atoms with Crippen LogP contribution in [0.25, 0.3) is 0 Å². The molecule has 0 saturated carbocycles. The van der Waals surface area contributed by atoms with E-state index < -0.39 is 11.9 Å². The van der Waals surface area contributed by atoms with E-state index in [0.29, 0.717) is 0 Å². The minimum absolute atomic E-state index is 0.0880. The first-order valence-corrected chi connectivity index (χ1v) is 4.08. The zero-order valence-corrected chi connectivity index (χ0v) is 7.59. The molecule has 0 aliphatic carbocycles. The Balaban J connectivity index is 2.83. The zero-order valence-electron chi connectivity index (χ0n) is 6.83. The molecule has 0 amide bonds. The molecule has 1 aliphatic heterocycles. The van der Waals surface area contributed by atoms with E-state index in [9.17, 15) is 9.59 Å². The van der Waals surface area contributed by atoms with Crippen molar-refractivity contribution in [2.45, 2.75) is 0 Å². The Morgan fingerprint density at radius 2 is 2.00 bits per heavy atom. The van der Waals surface area contributed by atoms with Crippen LogP contribution in [0.4, 0.5) is 0 Å². The Kier molecular flexibility index (Phi) is 1.80. The summed E-state index contributed by atoms with van der Waals surface area (Å²) in [7, 11) is 0. The van der Waals surface area contributed by atoms with Gasteiger partial charge in [-0.15, -0.1) is 6.42 Å². The van der Waals surface area contributed by atoms with Crippen LogP contribution >= 0.6 is 11.6 Å². The van der Waals surface area contributed by atoms with E-state index >= 15 is 0 Å². The number of carbonyl (C=O) groups excluding carboxylic acids is 2. The number of ether oxygens (including phenoxy) is 1. The van der Waals surface area contributed by atoms with Crippen LogP contribution in [0.15, 0.2) is 12.1 Å². The summed E-state index contributed by atoms with van der Waals surface area (Å²) in [5.41, 5.74) is 0.470. The van der Waals surface area contributed by atoms with Gasteiger partial charge in [0.1, 0.15) is 0 Å². The Hall–Kier alpha value is -1.79. The Morgan fingerprint density at radius 1 is 1.29 bits per heavy atom. The molecule has 68 valence electrons. The highest BCUT2D eigenvalue weighted by Crippen LogP contribution is 2.28. The van der Waals surface area contributed by atoms with Gasteiger partial charge in [0.15, 0.2) is 0 Å². The monoisotopic (exact) mass is 206 g/mol. The molecule has 0 unspecified atom stereocenters. The van der Waals surface area contributed by atoms with Crippen LogP contribution in [0, 0.1) is 12.3 Å². The van der Waals surface area contributed by atoms with Gasteiger partial charge >= 0.3 is 11.9 Å². The average molecular weight is 207 g/mol. The highest BCUT2D eigenvalue weighted by molar-refractivity contribution is 6.33. The Morgan fingerprint density at radius 3 is 2.64 bits per heavy atom. The summed E-state index contributed by atoms with van der Waals surface area (Å²) in [6, 6.07) is 2.89. The molecule has 1 aromatic carbocycles. The SMILES string of the molecule is C#Cc1c(Cl)ccc2c1C(=O)OC2=O. The Bertz CT molecular complexity index is 497. The lowest BCUT2D eigenvalue weighted by atomic mass is 10.0. The van der Waals surface area contributed by atoms with Gasteiger partial charge < -0.3 is 4.74 Å². The number of hydrogen-bond donors (Lipinski definition) is 0. The van der Waals surface area contributed by atoms with Gasteiger partial charge in [-0.1, -0.05) is 17.5 Å². The largest absolute Gasteiger partial charge is 0.386 e. The number of terminal acetylenes is 1. The molecular formula is C10H3ClO3. The zero-order chi connectivity index (χ0) is 10.3. The fourth-order valence-electron chi connectivity index (χ4n) is 1.29. The van der Waals surface area contributed by atoms with Crippen molar-refractivity contribution in [2.24, 2.45) is 0 Å². The number of halogens is 1. The first-order chi connectivity index (χ1) is 6.65. The number of benzene rings is 1. The molecule has 0 spiro atoms. The lowest BCUT2D eigenvalue weighted by Gasteiger charge is -1.98. The number of cyclic esters (lactones) is 2. The van der Waals surface area contributed by atoms with E-state index in [2.05, 4.69) is 10.7 Å². The summed E-state index contributed by atoms with van der Waals surface area (Å²) >= 11 is 5.76. The van der Waals surface area contributed by atoms with Crippen molar-refractivity contribution >= 4 is 23.5 Å². The van der Waals surface area contributed by atoms with Gasteiger partial charge in [-0.05, 0) is 12.1 Å². The van der Waals surface area contributed by atoms with Gasteiger partial charge in [0, 0.05) is 0 Å². The molecule has 0 saturated heterocycles. The molecular weight excluding hydrogens is 204 g/mol. The molecule has 0 aromatic heterocycles. The molecule has 0 bridgehead atoms. The number of esters is 2. The summed E-state index contributed by atoms with van der Waals surface area (Å²) in [6.07, 6.45) is 5.18. The predicted octanol–water partition coefficient (Wildman–Crippen LogP) is 1.63. The van der Waals surface area contributed by atoms with Gasteiger partial charge in [0.25, 0.3) is 0 Å². The summed E-state index contributed by atoms with van der Waals surface area (Å²) in [4.78, 5) is 22.3. The van der Waals surface area contributed by atoms with E-state index in [1.165, 1.54) is 12.1 Å². The maximum atomic E-state index is 11.2. The normalized spacial score (nSPS) is 13.4. The molecule has 2 rings (SSSR count). The Labute approximate surface area is 84.6 Å². The molecule has 0 atom stereocenters. The first-order valence-electron chi connectivity index (χ1n) is 3.70. The second-order valence-corrected chi connectivity index (χ2v) is 3.07. The molecule has 1 aromatic rings. The quantitative estimate of drug-likeness (QED) is 0.368. The topological polar surface area (TPSA) is 43.4 Å². The third-order valence-corrected chi connectivity index (χ3v) is 2.22. The third kappa shape index (κ3) is 1.02. The predicted molar refractivity (Wildman–Crippen MR) is 49.1 cm³/mol. The molecule has 0 N–H and O–H groups in total. The van der Waals surface area contributed by atoms with Gasteiger partial charge in [-0.2, -0.15) is 0 Å². The maximum absolute atomic E-state index is 11.2. The second kappa shape index (κ2) is 2.86. The standard InChI is InChI=1S/C10H3ClO3/c1-2-5-7(11)4-3-6-8(5)10(13)14-9(6)12/h1,3-4H. The van der Waals surface area contributed by atoms with E-state index in [1.807, 2.05) is 0 Å². The fourth-order valence-corrected chi connectivity index (χ4v) is 1.50. The van der Waals surface area contributed by atoms with Crippen molar-refractivity contribution in [3.63, 3.8) is 0 Å². The van der Waals surface area contributed by atoms with Crippen LogP contribution in [-0.4, -0.2) is 11.9 Å².